The van der Waals surface area contributed by atoms with Gasteiger partial charge in [0.05, 0.1) is 6.61 Å². The molecule has 3 aliphatic rings. The highest BCUT2D eigenvalue weighted by molar-refractivity contribution is 7.85. The second kappa shape index (κ2) is 8.90. The number of rotatable bonds is 6. The van der Waals surface area contributed by atoms with Crippen LogP contribution < -0.4 is 4.74 Å². The van der Waals surface area contributed by atoms with Crippen molar-refractivity contribution in [1.82, 2.24) is 0 Å². The van der Waals surface area contributed by atoms with Gasteiger partial charge in [0.2, 0.25) is 11.6 Å². The lowest BCUT2D eigenvalue weighted by Gasteiger charge is -2.45. The third-order valence-corrected chi connectivity index (χ3v) is 7.53. The van der Waals surface area contributed by atoms with Gasteiger partial charge in [-0.2, -0.15) is 17.2 Å². The first-order valence-corrected chi connectivity index (χ1v) is 12.3. The molecule has 0 saturated heterocycles. The number of ether oxygens (including phenoxy) is 2. The van der Waals surface area contributed by atoms with Crippen LogP contribution in [0.3, 0.4) is 0 Å². The van der Waals surface area contributed by atoms with Gasteiger partial charge in [-0.05, 0) is 28.7 Å². The van der Waals surface area contributed by atoms with Crippen molar-refractivity contribution in [2.75, 3.05) is 13.2 Å². The van der Waals surface area contributed by atoms with E-state index in [0.29, 0.717) is 6.42 Å². The maximum atomic E-state index is 14.1. The van der Waals surface area contributed by atoms with Crippen molar-refractivity contribution >= 4 is 16.1 Å². The average molecular weight is 522 g/mol. The van der Waals surface area contributed by atoms with Crippen molar-refractivity contribution in [3.63, 3.8) is 0 Å². The fraction of sp³-hybridized carbons (Fsp3) is 0.240. The molecule has 188 valence electrons. The SMILES string of the molecule is O=C(COc1c(F)c(F)c(S(=O)(=O)O)c(F)c1F)OCC1CC2c3ccccc3C1c1ccccc12. The van der Waals surface area contributed by atoms with E-state index in [0.717, 1.165) is 11.1 Å². The Morgan fingerprint density at radius 1 is 0.861 bits per heavy atom. The fourth-order valence-corrected chi connectivity index (χ4v) is 5.87. The van der Waals surface area contributed by atoms with E-state index in [-0.39, 0.29) is 24.4 Å². The van der Waals surface area contributed by atoms with Crippen LogP contribution in [-0.2, 0) is 19.6 Å². The first-order chi connectivity index (χ1) is 17.1. The van der Waals surface area contributed by atoms with Crippen LogP contribution in [0.25, 0.3) is 0 Å². The minimum absolute atomic E-state index is 0.0258. The van der Waals surface area contributed by atoms with Gasteiger partial charge in [0, 0.05) is 17.8 Å². The van der Waals surface area contributed by atoms with Crippen molar-refractivity contribution in [3.8, 4) is 5.75 Å². The molecule has 0 aliphatic heterocycles. The molecule has 0 radical (unpaired) electrons. The fourth-order valence-electron chi connectivity index (χ4n) is 5.24. The molecular weight excluding hydrogens is 504 g/mol. The molecule has 0 fully saturated rings. The molecule has 0 heterocycles. The monoisotopic (exact) mass is 522 g/mol. The number of fused-ring (bicyclic) bond motifs is 1. The Bertz CT molecular complexity index is 1410. The minimum Gasteiger partial charge on any atom is -0.476 e. The van der Waals surface area contributed by atoms with E-state index in [1.165, 1.54) is 11.1 Å². The van der Waals surface area contributed by atoms with E-state index in [2.05, 4.69) is 16.9 Å². The van der Waals surface area contributed by atoms with Gasteiger partial charge >= 0.3 is 16.1 Å². The second-order valence-electron chi connectivity index (χ2n) is 8.64. The predicted octanol–water partition coefficient (Wildman–Crippen LogP) is 4.71. The van der Waals surface area contributed by atoms with Crippen LogP contribution in [0.15, 0.2) is 53.4 Å². The summed E-state index contributed by atoms with van der Waals surface area (Å²) in [5.74, 6) is -11.9. The summed E-state index contributed by atoms with van der Waals surface area (Å²) in [5, 5.41) is 0. The Morgan fingerprint density at radius 3 is 1.86 bits per heavy atom. The number of esters is 1. The summed E-state index contributed by atoms with van der Waals surface area (Å²) in [4.78, 5) is 10.1. The summed E-state index contributed by atoms with van der Waals surface area (Å²) in [5.41, 5.74) is 4.71. The molecule has 1 atom stereocenters. The van der Waals surface area contributed by atoms with Crippen LogP contribution in [0.1, 0.15) is 40.5 Å². The molecule has 3 aromatic carbocycles. The van der Waals surface area contributed by atoms with Crippen LogP contribution in [-0.4, -0.2) is 32.2 Å². The summed E-state index contributed by atoms with van der Waals surface area (Å²) >= 11 is 0. The van der Waals surface area contributed by atoms with Gasteiger partial charge in [-0.15, -0.1) is 0 Å². The normalized spacial score (nSPS) is 20.0. The second-order valence-corrected chi connectivity index (χ2v) is 10.0. The minimum atomic E-state index is -5.60. The van der Waals surface area contributed by atoms with Gasteiger partial charge in [-0.3, -0.25) is 4.55 Å². The number of halogens is 4. The lowest BCUT2D eigenvalue weighted by Crippen LogP contribution is -2.35. The predicted molar refractivity (Wildman–Crippen MR) is 117 cm³/mol. The van der Waals surface area contributed by atoms with Crippen LogP contribution in [0.5, 0.6) is 5.75 Å². The van der Waals surface area contributed by atoms with Crippen molar-refractivity contribution in [3.05, 3.63) is 94.1 Å². The van der Waals surface area contributed by atoms with Crippen LogP contribution in [0.4, 0.5) is 17.6 Å². The average Bonchev–Trinajstić information content (AvgIpc) is 2.85. The number of hydrogen-bond donors (Lipinski definition) is 1. The Hall–Kier alpha value is -3.44. The maximum absolute atomic E-state index is 14.1. The number of hydrogen-bond acceptors (Lipinski definition) is 5. The molecule has 6 nitrogen and oxygen atoms in total. The highest BCUT2D eigenvalue weighted by atomic mass is 32.2. The quantitative estimate of drug-likeness (QED) is 0.218. The molecule has 3 aliphatic carbocycles. The third-order valence-electron chi connectivity index (χ3n) is 6.66. The molecule has 1 N–H and O–H groups in total. The molecule has 0 amide bonds. The summed E-state index contributed by atoms with van der Waals surface area (Å²) < 4.78 is 96.8. The smallest absolute Gasteiger partial charge is 0.344 e. The first-order valence-electron chi connectivity index (χ1n) is 10.9. The summed E-state index contributed by atoms with van der Waals surface area (Å²) in [6.45, 7) is -1.12. The molecule has 6 rings (SSSR count). The zero-order chi connectivity index (χ0) is 25.8. The van der Waals surface area contributed by atoms with E-state index < -0.39 is 56.6 Å². The van der Waals surface area contributed by atoms with Crippen LogP contribution in [0, 0.1) is 29.2 Å². The highest BCUT2D eigenvalue weighted by Gasteiger charge is 2.43. The van der Waals surface area contributed by atoms with Gasteiger partial charge in [0.15, 0.2) is 28.9 Å². The molecule has 11 heteroatoms. The molecule has 0 aromatic heterocycles. The lowest BCUT2D eigenvalue weighted by molar-refractivity contribution is -0.147. The molecule has 0 spiro atoms. The zero-order valence-electron chi connectivity index (χ0n) is 18.4. The van der Waals surface area contributed by atoms with E-state index in [1.54, 1.807) is 0 Å². The standard InChI is InChI=1S/C25H18F4O6S/c26-20-22(28)25(36(31,32)33)23(29)21(27)24(20)35-11-18(30)34-10-12-9-17-13-5-1-3-7-15(13)19(12)16-8-4-2-6-14(16)17/h1-8,12,17,19H,9-11H2,(H,31,32,33). The Labute approximate surface area is 203 Å². The zero-order valence-corrected chi connectivity index (χ0v) is 19.2. The van der Waals surface area contributed by atoms with Crippen LogP contribution >= 0.6 is 0 Å². The number of benzene rings is 3. The Morgan fingerprint density at radius 2 is 1.36 bits per heavy atom. The van der Waals surface area contributed by atoms with Crippen molar-refractivity contribution < 1.29 is 44.8 Å². The van der Waals surface area contributed by atoms with Gasteiger partial charge in [0.1, 0.15) is 0 Å². The summed E-state index contributed by atoms with van der Waals surface area (Å²) in [7, 11) is -5.60. The Kier molecular flexibility index (Phi) is 6.00. The van der Waals surface area contributed by atoms with E-state index in [1.807, 2.05) is 36.4 Å². The lowest BCUT2D eigenvalue weighted by atomic mass is 9.59. The molecule has 2 bridgehead atoms. The molecule has 3 aromatic rings. The molecule has 36 heavy (non-hydrogen) atoms. The topological polar surface area (TPSA) is 89.9 Å². The largest absolute Gasteiger partial charge is 0.476 e. The van der Waals surface area contributed by atoms with Crippen molar-refractivity contribution in [2.24, 2.45) is 5.92 Å². The van der Waals surface area contributed by atoms with E-state index >= 15 is 0 Å². The number of carbonyl (C=O) groups is 1. The molecule has 0 saturated carbocycles. The highest BCUT2D eigenvalue weighted by Crippen LogP contribution is 2.55. The van der Waals surface area contributed by atoms with Gasteiger partial charge in [0.25, 0.3) is 0 Å². The summed E-state index contributed by atoms with van der Waals surface area (Å²) in [6, 6.07) is 16.0. The Balaban J connectivity index is 1.30. The summed E-state index contributed by atoms with van der Waals surface area (Å²) in [6.07, 6.45) is 0.712. The van der Waals surface area contributed by atoms with Crippen molar-refractivity contribution in [1.29, 1.82) is 0 Å². The van der Waals surface area contributed by atoms with Gasteiger partial charge in [-0.25, -0.2) is 13.6 Å². The molecular formula is C25H18F4O6S. The first kappa shape index (κ1) is 24.3. The van der Waals surface area contributed by atoms with Crippen molar-refractivity contribution in [2.45, 2.75) is 23.2 Å². The van der Waals surface area contributed by atoms with Gasteiger partial charge in [-0.1, -0.05) is 48.5 Å². The van der Waals surface area contributed by atoms with Gasteiger partial charge < -0.3 is 9.47 Å². The molecule has 1 unspecified atom stereocenters. The van der Waals surface area contributed by atoms with Crippen LogP contribution in [0.2, 0.25) is 0 Å². The maximum Gasteiger partial charge on any atom is 0.344 e. The van der Waals surface area contributed by atoms with E-state index in [4.69, 9.17) is 9.29 Å². The number of carbonyl (C=O) groups excluding carboxylic acids is 1. The van der Waals surface area contributed by atoms with E-state index in [9.17, 15) is 30.8 Å². The third kappa shape index (κ3) is 3.92.